The summed E-state index contributed by atoms with van der Waals surface area (Å²) in [5.41, 5.74) is 2.34. The summed E-state index contributed by atoms with van der Waals surface area (Å²) in [6, 6.07) is 12.8. The number of nitrogens with two attached hydrogens (primary N) is 1. The topological polar surface area (TPSA) is 118 Å². The van der Waals surface area contributed by atoms with Crippen molar-refractivity contribution in [1.29, 1.82) is 5.26 Å². The lowest BCUT2D eigenvalue weighted by Crippen LogP contribution is -2.60. The Bertz CT molecular complexity index is 1180. The van der Waals surface area contributed by atoms with Crippen molar-refractivity contribution in [3.63, 3.8) is 0 Å². The van der Waals surface area contributed by atoms with Gasteiger partial charge in [0.15, 0.2) is 5.41 Å². The monoisotopic (exact) mass is 466 g/mol. The summed E-state index contributed by atoms with van der Waals surface area (Å²) < 4.78 is 35.4. The number of nitrogens with one attached hydrogen (secondary N) is 1. The number of hydrazine groups is 1. The predicted octanol–water partition coefficient (Wildman–Crippen LogP) is 3.46. The number of allylic oxidation sites excluding steroid dienone is 1. The Hall–Kier alpha value is -3.64. The summed E-state index contributed by atoms with van der Waals surface area (Å²) >= 11 is 0. The molecule has 2 fully saturated rings. The van der Waals surface area contributed by atoms with Crippen molar-refractivity contribution < 1.29 is 23.1 Å². The quantitative estimate of drug-likeness (QED) is 0.234. The van der Waals surface area contributed by atoms with Crippen LogP contribution in [0.4, 0.5) is 8.78 Å². The summed E-state index contributed by atoms with van der Waals surface area (Å²) in [5.74, 6) is -2.75. The Morgan fingerprint density at radius 2 is 2.03 bits per heavy atom. The van der Waals surface area contributed by atoms with Gasteiger partial charge in [-0.05, 0) is 31.1 Å². The molecular weight excluding hydrogens is 442 g/mol. The fourth-order valence-electron chi connectivity index (χ4n) is 5.29. The molecule has 1 aliphatic heterocycles. The third-order valence-corrected chi connectivity index (χ3v) is 7.08. The van der Waals surface area contributed by atoms with Crippen LogP contribution in [0.2, 0.25) is 0 Å². The Morgan fingerprint density at radius 1 is 1.29 bits per heavy atom. The average molecular weight is 466 g/mol. The minimum atomic E-state index is -3.29. The molecule has 0 bridgehead atoms. The van der Waals surface area contributed by atoms with E-state index in [4.69, 9.17) is 10.6 Å². The van der Waals surface area contributed by atoms with E-state index >= 15 is 8.78 Å². The van der Waals surface area contributed by atoms with Crippen molar-refractivity contribution >= 4 is 18.0 Å². The number of alkyl halides is 2. The summed E-state index contributed by atoms with van der Waals surface area (Å²) in [5, 5.41) is 9.31. The number of halogens is 2. The number of benzene rings is 1. The predicted molar refractivity (Wildman–Crippen MR) is 119 cm³/mol. The van der Waals surface area contributed by atoms with Crippen LogP contribution < -0.4 is 11.3 Å². The van der Waals surface area contributed by atoms with Gasteiger partial charge in [-0.15, -0.1) is 0 Å². The van der Waals surface area contributed by atoms with E-state index in [9.17, 15) is 14.9 Å². The van der Waals surface area contributed by atoms with E-state index < -0.39 is 53.5 Å². The van der Waals surface area contributed by atoms with Gasteiger partial charge in [0.05, 0.1) is 17.3 Å². The first kappa shape index (κ1) is 23.5. The van der Waals surface area contributed by atoms with Gasteiger partial charge in [-0.2, -0.15) is 5.26 Å². The zero-order chi connectivity index (χ0) is 24.7. The molecule has 176 valence electrons. The van der Waals surface area contributed by atoms with Gasteiger partial charge in [0.1, 0.15) is 6.10 Å². The molecule has 1 aliphatic carbocycles. The van der Waals surface area contributed by atoms with Gasteiger partial charge in [0.25, 0.3) is 11.8 Å². The minimum Gasteiger partial charge on any atom is -0.461 e. The van der Waals surface area contributed by atoms with Gasteiger partial charge >= 0.3 is 5.97 Å². The largest absolute Gasteiger partial charge is 0.461 e. The van der Waals surface area contributed by atoms with E-state index in [1.54, 1.807) is 49.5 Å². The van der Waals surface area contributed by atoms with Crippen molar-refractivity contribution in [2.45, 2.75) is 32.3 Å². The number of carbonyl (C=O) groups excluding carboxylic acids is 2. The molecule has 4 rings (SSSR count). The van der Waals surface area contributed by atoms with E-state index in [-0.39, 0.29) is 0 Å². The molecule has 3 N–H and O–H groups in total. The van der Waals surface area contributed by atoms with Crippen LogP contribution in [0.15, 0.2) is 48.7 Å². The highest BCUT2D eigenvalue weighted by atomic mass is 19.3. The van der Waals surface area contributed by atoms with E-state index in [0.29, 0.717) is 11.3 Å². The number of esters is 1. The second kappa shape index (κ2) is 8.61. The van der Waals surface area contributed by atoms with Crippen molar-refractivity contribution in [3.05, 3.63) is 59.9 Å². The molecule has 9 heteroatoms. The van der Waals surface area contributed by atoms with Gasteiger partial charge in [0, 0.05) is 35.6 Å². The molecule has 1 saturated heterocycles. The molecule has 2 heterocycles. The first-order valence-electron chi connectivity index (χ1n) is 10.9. The molecule has 0 radical (unpaired) electrons. The lowest BCUT2D eigenvalue weighted by atomic mass is 9.56. The minimum absolute atomic E-state index is 0.506. The fraction of sp³-hybridized carbons (Fsp3) is 0.360. The molecule has 5 atom stereocenters. The lowest BCUT2D eigenvalue weighted by Gasteiger charge is -2.46. The van der Waals surface area contributed by atoms with Gasteiger partial charge in [-0.1, -0.05) is 37.3 Å². The smallest absolute Gasteiger partial charge is 0.322 e. The van der Waals surface area contributed by atoms with E-state index in [2.05, 4.69) is 11.1 Å². The summed E-state index contributed by atoms with van der Waals surface area (Å²) in [6.45, 7) is 3.01. The van der Waals surface area contributed by atoms with Crippen LogP contribution in [0, 0.1) is 34.5 Å². The molecule has 34 heavy (non-hydrogen) atoms. The standard InChI is InChI=1S/C25H24F2N4O3/c1-14-19(21-15(2)34-23(33)24(21,22(32)31-29)13-25(14,26)27)10-9-18-8-7-17(12-30-18)20-6-4-3-5-16(20)11-28/h3-10,12,14-15,19,21H,13,29H2,1-2H3,(H,31,32)/b10-9+/t14-,15+,19-,21-,24+/m0/s1. The molecule has 1 saturated carbocycles. The molecule has 2 aromatic rings. The SMILES string of the molecule is C[C@H]1OC(=O)[C@]2(C(=O)NN)CC(F)(F)[C@@H](C)[C@H](/C=C/c3ccc(-c4ccccc4C#N)cn3)[C@H]12. The number of ether oxygens (including phenoxy) is 1. The van der Waals surface area contributed by atoms with Crippen LogP contribution in [0.5, 0.6) is 0 Å². The molecule has 0 unspecified atom stereocenters. The normalized spacial score (nSPS) is 29.8. The van der Waals surface area contributed by atoms with Crippen LogP contribution in [0.1, 0.15) is 31.5 Å². The number of fused-ring (bicyclic) bond motifs is 1. The third kappa shape index (κ3) is 3.64. The Balaban J connectivity index is 1.68. The number of amides is 1. The second-order valence-electron chi connectivity index (χ2n) is 8.87. The number of nitriles is 1. The number of hydrogen-bond acceptors (Lipinski definition) is 6. The average Bonchev–Trinajstić information content (AvgIpc) is 3.08. The third-order valence-electron chi connectivity index (χ3n) is 7.08. The Morgan fingerprint density at radius 3 is 2.68 bits per heavy atom. The second-order valence-corrected chi connectivity index (χ2v) is 8.87. The highest BCUT2D eigenvalue weighted by molar-refractivity contribution is 6.04. The van der Waals surface area contributed by atoms with Gasteiger partial charge < -0.3 is 4.74 Å². The van der Waals surface area contributed by atoms with Crippen LogP contribution >= 0.6 is 0 Å². The van der Waals surface area contributed by atoms with Crippen LogP contribution in [-0.2, 0) is 14.3 Å². The first-order chi connectivity index (χ1) is 16.2. The van der Waals surface area contributed by atoms with Crippen molar-refractivity contribution in [3.8, 4) is 17.2 Å². The molecule has 1 aromatic heterocycles. The molecule has 1 amide bonds. The molecule has 2 aliphatic rings. The molecule has 1 aromatic carbocycles. The van der Waals surface area contributed by atoms with Crippen molar-refractivity contribution in [2.24, 2.45) is 29.0 Å². The van der Waals surface area contributed by atoms with E-state index in [0.717, 1.165) is 11.1 Å². The maximum absolute atomic E-state index is 15.1. The van der Waals surface area contributed by atoms with Crippen molar-refractivity contribution in [1.82, 2.24) is 10.4 Å². The van der Waals surface area contributed by atoms with Crippen molar-refractivity contribution in [2.75, 3.05) is 0 Å². The number of carbonyl (C=O) groups is 2. The number of rotatable bonds is 4. The number of aromatic nitrogens is 1. The number of pyridine rings is 1. The van der Waals surface area contributed by atoms with Gasteiger partial charge in [-0.3, -0.25) is 20.0 Å². The molecule has 0 spiro atoms. The number of cyclic esters (lactones) is 1. The molecule has 7 nitrogen and oxygen atoms in total. The van der Waals surface area contributed by atoms with Crippen LogP contribution in [-0.4, -0.2) is 28.9 Å². The highest BCUT2D eigenvalue weighted by Crippen LogP contribution is 2.59. The highest BCUT2D eigenvalue weighted by Gasteiger charge is 2.71. The van der Waals surface area contributed by atoms with Gasteiger partial charge in [-0.25, -0.2) is 14.6 Å². The van der Waals surface area contributed by atoms with Gasteiger partial charge in [0.2, 0.25) is 0 Å². The van der Waals surface area contributed by atoms with Crippen LogP contribution in [0.25, 0.3) is 17.2 Å². The number of hydrogen-bond donors (Lipinski definition) is 2. The zero-order valence-electron chi connectivity index (χ0n) is 18.7. The maximum Gasteiger partial charge on any atom is 0.322 e. The Labute approximate surface area is 195 Å². The van der Waals surface area contributed by atoms with E-state index in [1.165, 1.54) is 6.92 Å². The lowest BCUT2D eigenvalue weighted by molar-refractivity contribution is -0.178. The summed E-state index contributed by atoms with van der Waals surface area (Å²) in [7, 11) is 0. The summed E-state index contributed by atoms with van der Waals surface area (Å²) in [6.07, 6.45) is 3.09. The number of nitrogens with zero attached hydrogens (tertiary/aromatic N) is 2. The molecular formula is C25H24F2N4O3. The van der Waals surface area contributed by atoms with Crippen LogP contribution in [0.3, 0.4) is 0 Å². The Kier molecular flexibility index (Phi) is 5.96. The van der Waals surface area contributed by atoms with E-state index in [1.807, 2.05) is 17.6 Å². The fourth-order valence-corrected chi connectivity index (χ4v) is 5.29. The first-order valence-corrected chi connectivity index (χ1v) is 10.9. The zero-order valence-corrected chi connectivity index (χ0v) is 18.7. The maximum atomic E-state index is 15.1. The summed E-state index contributed by atoms with van der Waals surface area (Å²) in [4.78, 5) is 29.7.